The van der Waals surface area contributed by atoms with Crippen LogP contribution in [0.4, 0.5) is 0 Å². The van der Waals surface area contributed by atoms with Gasteiger partial charge in [-0.15, -0.1) is 0 Å². The highest BCUT2D eigenvalue weighted by Crippen LogP contribution is 2.38. The molecule has 1 aliphatic heterocycles. The van der Waals surface area contributed by atoms with Gasteiger partial charge in [0.1, 0.15) is 6.33 Å². The van der Waals surface area contributed by atoms with Crippen LogP contribution in [0.25, 0.3) is 27.8 Å². The van der Waals surface area contributed by atoms with Crippen molar-refractivity contribution in [3.63, 3.8) is 0 Å². The van der Waals surface area contributed by atoms with Gasteiger partial charge in [0.25, 0.3) is 0 Å². The molecule has 4 heterocycles. The van der Waals surface area contributed by atoms with Crippen LogP contribution < -0.4 is 5.32 Å². The van der Waals surface area contributed by atoms with Crippen molar-refractivity contribution in [1.29, 1.82) is 0 Å². The van der Waals surface area contributed by atoms with E-state index >= 15 is 0 Å². The van der Waals surface area contributed by atoms with E-state index in [0.29, 0.717) is 11.8 Å². The largest absolute Gasteiger partial charge is 0.354 e. The Morgan fingerprint density at radius 1 is 1.17 bits per heavy atom. The van der Waals surface area contributed by atoms with Crippen LogP contribution in [0.15, 0.2) is 36.8 Å². The maximum atomic E-state index is 4.42. The Morgan fingerprint density at radius 3 is 2.76 bits per heavy atom. The van der Waals surface area contributed by atoms with Crippen molar-refractivity contribution < 1.29 is 0 Å². The SMILES string of the molecule is CCc1cc(-c2[nH]c3ccc(C4CCNCC4)cc3c2C(C)C)cn2ncnc12. The molecule has 1 aromatic carbocycles. The molecule has 150 valence electrons. The van der Waals surface area contributed by atoms with Crippen LogP contribution in [0.3, 0.4) is 0 Å². The van der Waals surface area contributed by atoms with Gasteiger partial charge in [-0.1, -0.05) is 26.8 Å². The van der Waals surface area contributed by atoms with Gasteiger partial charge in [0.15, 0.2) is 5.65 Å². The average molecular weight is 388 g/mol. The van der Waals surface area contributed by atoms with E-state index in [1.807, 2.05) is 4.52 Å². The summed E-state index contributed by atoms with van der Waals surface area (Å²) in [7, 11) is 0. The van der Waals surface area contributed by atoms with Gasteiger partial charge in [-0.3, -0.25) is 0 Å². The van der Waals surface area contributed by atoms with Crippen LogP contribution in [0.2, 0.25) is 0 Å². The molecule has 4 aromatic rings. The van der Waals surface area contributed by atoms with Crippen molar-refractivity contribution in [2.24, 2.45) is 0 Å². The Labute approximate surface area is 171 Å². The lowest BCUT2D eigenvalue weighted by molar-refractivity contribution is 0.460. The van der Waals surface area contributed by atoms with Gasteiger partial charge in [-0.25, -0.2) is 9.50 Å². The molecule has 29 heavy (non-hydrogen) atoms. The van der Waals surface area contributed by atoms with Gasteiger partial charge in [0, 0.05) is 22.7 Å². The second-order valence-corrected chi connectivity index (χ2v) is 8.53. The fraction of sp³-hybridized carbons (Fsp3) is 0.417. The number of aromatic nitrogens is 4. The van der Waals surface area contributed by atoms with Gasteiger partial charge in [0.05, 0.1) is 5.69 Å². The Kier molecular flexibility index (Phi) is 4.63. The minimum absolute atomic E-state index is 0.429. The molecule has 3 aromatic heterocycles. The molecular formula is C24H29N5. The van der Waals surface area contributed by atoms with E-state index in [4.69, 9.17) is 0 Å². The fourth-order valence-corrected chi connectivity index (χ4v) is 4.86. The van der Waals surface area contributed by atoms with E-state index in [1.54, 1.807) is 6.33 Å². The minimum atomic E-state index is 0.429. The summed E-state index contributed by atoms with van der Waals surface area (Å²) in [6.07, 6.45) is 7.13. The molecule has 0 unspecified atom stereocenters. The highest BCUT2D eigenvalue weighted by molar-refractivity contribution is 5.92. The molecule has 0 amide bonds. The molecule has 5 heteroatoms. The smallest absolute Gasteiger partial charge is 0.158 e. The van der Waals surface area contributed by atoms with Crippen molar-refractivity contribution in [3.8, 4) is 11.3 Å². The van der Waals surface area contributed by atoms with Crippen molar-refractivity contribution >= 4 is 16.6 Å². The zero-order valence-electron chi connectivity index (χ0n) is 17.5. The highest BCUT2D eigenvalue weighted by atomic mass is 15.3. The summed E-state index contributed by atoms with van der Waals surface area (Å²) in [6, 6.07) is 9.31. The minimum Gasteiger partial charge on any atom is -0.354 e. The normalized spacial score (nSPS) is 15.7. The highest BCUT2D eigenvalue weighted by Gasteiger charge is 2.20. The van der Waals surface area contributed by atoms with E-state index in [0.717, 1.165) is 25.2 Å². The van der Waals surface area contributed by atoms with Crippen LogP contribution in [0.5, 0.6) is 0 Å². The Balaban J connectivity index is 1.68. The summed E-state index contributed by atoms with van der Waals surface area (Å²) in [6.45, 7) is 9.00. The second kappa shape index (κ2) is 7.30. The number of nitrogens with one attached hydrogen (secondary N) is 2. The number of fused-ring (bicyclic) bond motifs is 2. The van der Waals surface area contributed by atoms with Crippen molar-refractivity contribution in [1.82, 2.24) is 24.9 Å². The van der Waals surface area contributed by atoms with Crippen LogP contribution >= 0.6 is 0 Å². The van der Waals surface area contributed by atoms with Gasteiger partial charge in [-0.05, 0) is 79.1 Å². The lowest BCUT2D eigenvalue weighted by atomic mass is 9.88. The topological polar surface area (TPSA) is 58.0 Å². The Morgan fingerprint density at radius 2 is 2.00 bits per heavy atom. The lowest BCUT2D eigenvalue weighted by Gasteiger charge is -2.23. The third-order valence-corrected chi connectivity index (χ3v) is 6.37. The van der Waals surface area contributed by atoms with Gasteiger partial charge in [0.2, 0.25) is 0 Å². The Hall–Kier alpha value is -2.66. The predicted molar refractivity (Wildman–Crippen MR) is 119 cm³/mol. The molecule has 0 saturated carbocycles. The standard InChI is InChI=1S/C24H29N5/c1-4-16-11-19(13-29-24(16)26-14-27-29)23-22(15(2)3)20-12-18(5-6-21(20)28-23)17-7-9-25-10-8-17/h5-6,11-15,17,25,28H,4,7-10H2,1-3H3. The summed E-state index contributed by atoms with van der Waals surface area (Å²) in [5, 5.41) is 9.25. The third-order valence-electron chi connectivity index (χ3n) is 6.37. The molecule has 0 radical (unpaired) electrons. The van der Waals surface area contributed by atoms with Gasteiger partial charge in [-0.2, -0.15) is 5.10 Å². The second-order valence-electron chi connectivity index (χ2n) is 8.53. The quantitative estimate of drug-likeness (QED) is 0.516. The first kappa shape index (κ1) is 18.4. The summed E-state index contributed by atoms with van der Waals surface area (Å²) in [4.78, 5) is 8.15. The van der Waals surface area contributed by atoms with Crippen molar-refractivity contribution in [3.05, 3.63) is 53.5 Å². The number of aryl methyl sites for hydroxylation is 1. The first-order chi connectivity index (χ1) is 14.2. The first-order valence-corrected chi connectivity index (χ1v) is 10.8. The van der Waals surface area contributed by atoms with Crippen LogP contribution in [0.1, 0.15) is 62.1 Å². The van der Waals surface area contributed by atoms with Gasteiger partial charge >= 0.3 is 0 Å². The maximum absolute atomic E-state index is 4.42. The lowest BCUT2D eigenvalue weighted by Crippen LogP contribution is -2.26. The third kappa shape index (κ3) is 3.14. The first-order valence-electron chi connectivity index (χ1n) is 10.8. The molecule has 1 fully saturated rings. The summed E-state index contributed by atoms with van der Waals surface area (Å²) in [5.74, 6) is 1.09. The number of rotatable bonds is 4. The van der Waals surface area contributed by atoms with E-state index in [2.05, 4.69) is 71.6 Å². The zero-order valence-corrected chi connectivity index (χ0v) is 17.5. The molecule has 1 saturated heterocycles. The molecule has 0 bridgehead atoms. The molecule has 0 aliphatic carbocycles. The van der Waals surface area contributed by atoms with Crippen LogP contribution in [-0.4, -0.2) is 32.7 Å². The molecule has 5 rings (SSSR count). The number of nitrogens with zero attached hydrogens (tertiary/aromatic N) is 3. The number of H-pyrrole nitrogens is 1. The van der Waals surface area contributed by atoms with Crippen molar-refractivity contribution in [2.75, 3.05) is 13.1 Å². The average Bonchev–Trinajstić information content (AvgIpc) is 3.37. The Bertz CT molecular complexity index is 1160. The number of pyridine rings is 1. The molecule has 0 atom stereocenters. The molecule has 2 N–H and O–H groups in total. The van der Waals surface area contributed by atoms with E-state index in [-0.39, 0.29) is 0 Å². The predicted octanol–water partition coefficient (Wildman–Crippen LogP) is 5.03. The summed E-state index contributed by atoms with van der Waals surface area (Å²) < 4.78 is 1.91. The summed E-state index contributed by atoms with van der Waals surface area (Å²) >= 11 is 0. The number of piperidine rings is 1. The number of benzene rings is 1. The van der Waals surface area contributed by atoms with Crippen molar-refractivity contribution in [2.45, 2.75) is 51.9 Å². The molecular weight excluding hydrogens is 358 g/mol. The number of hydrogen-bond acceptors (Lipinski definition) is 3. The monoisotopic (exact) mass is 387 g/mol. The summed E-state index contributed by atoms with van der Waals surface area (Å²) in [5.41, 5.74) is 8.67. The maximum Gasteiger partial charge on any atom is 0.158 e. The van der Waals surface area contributed by atoms with Crippen LogP contribution in [0, 0.1) is 0 Å². The van der Waals surface area contributed by atoms with E-state index < -0.39 is 0 Å². The van der Waals surface area contributed by atoms with E-state index in [1.165, 1.54) is 51.7 Å². The van der Waals surface area contributed by atoms with E-state index in [9.17, 15) is 0 Å². The van der Waals surface area contributed by atoms with Crippen LogP contribution in [-0.2, 0) is 6.42 Å². The molecule has 1 aliphatic rings. The zero-order chi connectivity index (χ0) is 20.0. The number of hydrogen-bond donors (Lipinski definition) is 2. The fourth-order valence-electron chi connectivity index (χ4n) is 4.86. The van der Waals surface area contributed by atoms with Gasteiger partial charge < -0.3 is 10.3 Å². The molecule has 0 spiro atoms. The molecule has 5 nitrogen and oxygen atoms in total. The number of aromatic amines is 1.